The molecule has 0 aliphatic rings. The van der Waals surface area contributed by atoms with Gasteiger partial charge in [0.05, 0.1) is 33.2 Å². The quantitative estimate of drug-likeness (QED) is 0.328. The number of carbonyl (C=O) groups is 1. The lowest BCUT2D eigenvalue weighted by Gasteiger charge is -2.44. The molecule has 0 fully saturated rings. The fourth-order valence-electron chi connectivity index (χ4n) is 2.73. The summed E-state index contributed by atoms with van der Waals surface area (Å²) in [5.74, 6) is -0.0766. The lowest BCUT2D eigenvalue weighted by atomic mass is 9.61. The second kappa shape index (κ2) is 9.36. The third-order valence-electron chi connectivity index (χ3n) is 4.70. The fourth-order valence-corrected chi connectivity index (χ4v) is 3.44. The summed E-state index contributed by atoms with van der Waals surface area (Å²) in [6, 6.07) is 0. The molecular weight excluding hydrogens is 367 g/mol. The largest absolute Gasteiger partial charge is 0.472 e. The maximum atomic E-state index is 12.9. The van der Waals surface area contributed by atoms with Crippen LogP contribution in [0.1, 0.15) is 54.9 Å². The highest BCUT2D eigenvalue weighted by atomic mass is 31.2. The van der Waals surface area contributed by atoms with Crippen LogP contribution in [0.2, 0.25) is 0 Å². The van der Waals surface area contributed by atoms with Crippen LogP contribution >= 0.6 is 7.82 Å². The van der Waals surface area contributed by atoms with Crippen molar-refractivity contribution in [1.29, 1.82) is 0 Å². The first-order valence-corrected chi connectivity index (χ1v) is 11.0. The Labute approximate surface area is 166 Å². The van der Waals surface area contributed by atoms with Crippen LogP contribution < -0.4 is 5.32 Å². The first-order chi connectivity index (χ1) is 11.8. The molecule has 2 unspecified atom stereocenters. The van der Waals surface area contributed by atoms with Crippen LogP contribution in [0.25, 0.3) is 0 Å². The number of quaternary nitrogens is 1. The average Bonchev–Trinajstić information content (AvgIpc) is 2.38. The number of hydrogen-bond acceptors (Lipinski definition) is 4. The van der Waals surface area contributed by atoms with Gasteiger partial charge < -0.3 is 14.7 Å². The molecule has 0 aromatic heterocycles. The molecule has 162 valence electrons. The van der Waals surface area contributed by atoms with E-state index in [1.807, 2.05) is 28.1 Å². The molecular formula is C19H42N2O5P+. The van der Waals surface area contributed by atoms with Gasteiger partial charge in [0.1, 0.15) is 13.2 Å². The highest BCUT2D eigenvalue weighted by molar-refractivity contribution is 7.47. The van der Waals surface area contributed by atoms with Crippen LogP contribution in [0.3, 0.4) is 0 Å². The fraction of sp³-hybridized carbons (Fsp3) is 0.947. The topological polar surface area (TPSA) is 84.9 Å². The van der Waals surface area contributed by atoms with E-state index in [1.165, 1.54) is 0 Å². The number of likely N-dealkylation sites (N-methyl/N-ethyl adjacent to an activating group) is 1. The Bertz CT molecular complexity index is 532. The molecule has 0 aromatic rings. The van der Waals surface area contributed by atoms with Crippen LogP contribution in [0.4, 0.5) is 0 Å². The Morgan fingerprint density at radius 1 is 1.00 bits per heavy atom. The Kier molecular flexibility index (Phi) is 9.20. The van der Waals surface area contributed by atoms with Gasteiger partial charge in [-0.3, -0.25) is 13.8 Å². The van der Waals surface area contributed by atoms with Gasteiger partial charge in [-0.05, 0) is 17.3 Å². The molecule has 7 nitrogen and oxygen atoms in total. The zero-order valence-electron chi connectivity index (χ0n) is 19.0. The van der Waals surface area contributed by atoms with E-state index in [1.54, 1.807) is 0 Å². The summed E-state index contributed by atoms with van der Waals surface area (Å²) in [4.78, 5) is 22.6. The Morgan fingerprint density at radius 2 is 1.48 bits per heavy atom. The van der Waals surface area contributed by atoms with Gasteiger partial charge in [-0.1, -0.05) is 48.5 Å². The summed E-state index contributed by atoms with van der Waals surface area (Å²) in [5, 5.41) is 2.85. The SMILES string of the molecule is CC(C)(C)CC(C)(C(=O)NCCOP(=O)(O)OCC[N+](C)(C)C)C(C)(C)C. The molecule has 0 aliphatic heterocycles. The van der Waals surface area contributed by atoms with Crippen molar-refractivity contribution in [2.45, 2.75) is 54.9 Å². The van der Waals surface area contributed by atoms with E-state index in [-0.39, 0.29) is 36.5 Å². The van der Waals surface area contributed by atoms with Gasteiger partial charge >= 0.3 is 7.82 Å². The van der Waals surface area contributed by atoms with Gasteiger partial charge in [-0.2, -0.15) is 0 Å². The Morgan fingerprint density at radius 3 is 1.89 bits per heavy atom. The van der Waals surface area contributed by atoms with Gasteiger partial charge in [-0.15, -0.1) is 0 Å². The summed E-state index contributed by atoms with van der Waals surface area (Å²) >= 11 is 0. The van der Waals surface area contributed by atoms with E-state index in [4.69, 9.17) is 9.05 Å². The predicted molar refractivity (Wildman–Crippen MR) is 109 cm³/mol. The minimum Gasteiger partial charge on any atom is -0.353 e. The van der Waals surface area contributed by atoms with Crippen molar-refractivity contribution in [3.63, 3.8) is 0 Å². The van der Waals surface area contributed by atoms with E-state index in [9.17, 15) is 14.3 Å². The number of nitrogens with zero attached hydrogens (tertiary/aromatic N) is 1. The van der Waals surface area contributed by atoms with Gasteiger partial charge in [0.25, 0.3) is 0 Å². The second-order valence-corrected chi connectivity index (χ2v) is 12.2. The predicted octanol–water partition coefficient (Wildman–Crippen LogP) is 3.43. The van der Waals surface area contributed by atoms with E-state index < -0.39 is 13.2 Å². The summed E-state index contributed by atoms with van der Waals surface area (Å²) in [6.07, 6.45) is 0.725. The molecule has 2 atom stereocenters. The van der Waals surface area contributed by atoms with Crippen molar-refractivity contribution in [2.24, 2.45) is 16.2 Å². The van der Waals surface area contributed by atoms with Crippen LogP contribution in [0.15, 0.2) is 0 Å². The van der Waals surface area contributed by atoms with E-state index in [2.05, 4.69) is 46.9 Å². The summed E-state index contributed by atoms with van der Waals surface area (Å²) in [5.41, 5.74) is -0.808. The van der Waals surface area contributed by atoms with Gasteiger partial charge in [0.2, 0.25) is 5.91 Å². The minimum absolute atomic E-state index is 0.00389. The number of rotatable bonds is 10. The van der Waals surface area contributed by atoms with Gasteiger partial charge in [-0.25, -0.2) is 4.57 Å². The van der Waals surface area contributed by atoms with Gasteiger partial charge in [0, 0.05) is 6.54 Å². The zero-order valence-corrected chi connectivity index (χ0v) is 19.9. The van der Waals surface area contributed by atoms with E-state index in [0.29, 0.717) is 11.0 Å². The van der Waals surface area contributed by atoms with Crippen molar-refractivity contribution in [3.8, 4) is 0 Å². The third-order valence-corrected chi connectivity index (χ3v) is 5.72. The van der Waals surface area contributed by atoms with Crippen molar-refractivity contribution >= 4 is 13.7 Å². The number of nitrogens with one attached hydrogen (secondary N) is 1. The van der Waals surface area contributed by atoms with E-state index >= 15 is 0 Å². The smallest absolute Gasteiger partial charge is 0.353 e. The number of phosphoric acid groups is 1. The standard InChI is InChI=1S/C19H41N2O5P/c1-17(2,3)15-19(7,18(4,5)6)16(22)20-11-13-25-27(23,24)26-14-12-21(8,9)10/h11-15H2,1-10H3,(H-,20,22,23,24)/p+1. The highest BCUT2D eigenvalue weighted by Crippen LogP contribution is 2.47. The molecule has 0 saturated heterocycles. The monoisotopic (exact) mass is 409 g/mol. The molecule has 27 heavy (non-hydrogen) atoms. The molecule has 0 aliphatic carbocycles. The number of hydrogen-bond donors (Lipinski definition) is 2. The van der Waals surface area contributed by atoms with Crippen LogP contribution in [-0.4, -0.2) is 62.7 Å². The van der Waals surface area contributed by atoms with Crippen molar-refractivity contribution in [2.75, 3.05) is 47.4 Å². The molecule has 0 aromatic carbocycles. The molecule has 0 rings (SSSR count). The molecule has 0 spiro atoms. The molecule has 0 saturated carbocycles. The minimum atomic E-state index is -4.11. The van der Waals surface area contributed by atoms with Crippen LogP contribution in [-0.2, 0) is 18.4 Å². The normalized spacial score (nSPS) is 17.9. The summed E-state index contributed by atoms with van der Waals surface area (Å²) in [6.45, 7) is 15.2. The van der Waals surface area contributed by atoms with Crippen LogP contribution in [0, 0.1) is 16.2 Å². The maximum absolute atomic E-state index is 12.9. The average molecular weight is 410 g/mol. The lowest BCUT2D eigenvalue weighted by molar-refractivity contribution is -0.870. The molecule has 0 radical (unpaired) electrons. The molecule has 0 heterocycles. The van der Waals surface area contributed by atoms with E-state index in [0.717, 1.165) is 6.42 Å². The van der Waals surface area contributed by atoms with Crippen molar-refractivity contribution < 1.29 is 27.8 Å². The maximum Gasteiger partial charge on any atom is 0.472 e. The summed E-state index contributed by atoms with van der Waals surface area (Å²) < 4.78 is 22.4. The molecule has 8 heteroatoms. The van der Waals surface area contributed by atoms with Crippen molar-refractivity contribution in [1.82, 2.24) is 5.32 Å². The Balaban J connectivity index is 4.61. The molecule has 1 amide bonds. The number of carbonyl (C=O) groups excluding carboxylic acids is 1. The first-order valence-electron chi connectivity index (χ1n) is 9.50. The van der Waals surface area contributed by atoms with Gasteiger partial charge in [0.15, 0.2) is 0 Å². The number of amides is 1. The zero-order chi connectivity index (χ0) is 21.7. The molecule has 2 N–H and O–H groups in total. The second-order valence-electron chi connectivity index (χ2n) is 10.7. The highest BCUT2D eigenvalue weighted by Gasteiger charge is 2.46. The molecule has 0 bridgehead atoms. The Hall–Kier alpha value is -0.460. The number of phosphoric ester groups is 1. The lowest BCUT2D eigenvalue weighted by Crippen LogP contribution is -2.49. The summed E-state index contributed by atoms with van der Waals surface area (Å²) in [7, 11) is 1.79. The first kappa shape index (κ1) is 26.5. The van der Waals surface area contributed by atoms with Crippen molar-refractivity contribution in [3.05, 3.63) is 0 Å². The third kappa shape index (κ3) is 10.6. The van der Waals surface area contributed by atoms with Crippen LogP contribution in [0.5, 0.6) is 0 Å².